The molecular weight excluding hydrogens is 120 g/mol. The second-order valence-electron chi connectivity index (χ2n) is 1.76. The third-order valence-corrected chi connectivity index (χ3v) is 0.962. The average Bonchev–Trinajstić information content (AvgIpc) is 1.82. The van der Waals surface area contributed by atoms with Crippen molar-refractivity contribution in [1.29, 1.82) is 0 Å². The van der Waals surface area contributed by atoms with E-state index in [1.54, 1.807) is 0 Å². The quantitative estimate of drug-likeness (QED) is 0.465. The molecule has 4 heteroatoms. The van der Waals surface area contributed by atoms with Gasteiger partial charge < -0.3 is 16.6 Å². The molecule has 0 spiro atoms. The minimum Gasteiger partial charge on any atom is -0.480 e. The van der Waals surface area contributed by atoms with E-state index in [1.807, 2.05) is 0 Å². The van der Waals surface area contributed by atoms with Gasteiger partial charge >= 0.3 is 5.97 Å². The van der Waals surface area contributed by atoms with Crippen molar-refractivity contribution in [3.8, 4) is 0 Å². The number of carboxylic acids is 1. The fourth-order valence-electron chi connectivity index (χ4n) is 0.399. The molecule has 0 aliphatic carbocycles. The van der Waals surface area contributed by atoms with Gasteiger partial charge in [0.15, 0.2) is 0 Å². The van der Waals surface area contributed by atoms with Crippen LogP contribution < -0.4 is 11.5 Å². The monoisotopic (exact) mass is 133 g/mol. The molecule has 0 heterocycles. The molecule has 9 heavy (non-hydrogen) atoms. The van der Waals surface area contributed by atoms with Crippen molar-refractivity contribution >= 4 is 5.97 Å². The molecule has 0 fully saturated rings. The van der Waals surface area contributed by atoms with E-state index in [-0.39, 0.29) is 6.42 Å². The van der Waals surface area contributed by atoms with E-state index in [2.05, 4.69) is 0 Å². The summed E-state index contributed by atoms with van der Waals surface area (Å²) in [6.07, 6.45) is 0.591. The molecule has 5 N–H and O–H groups in total. The van der Waals surface area contributed by atoms with Gasteiger partial charge in [-0.2, -0.15) is 0 Å². The van der Waals surface area contributed by atoms with Crippen LogP contribution >= 0.6 is 0 Å². The van der Waals surface area contributed by atoms with Crippen LogP contribution in [-0.2, 0) is 4.79 Å². The van der Waals surface area contributed by atoms with Gasteiger partial charge in [0.05, 0.1) is 0 Å². The van der Waals surface area contributed by atoms with Crippen LogP contribution in [0.15, 0.2) is 0 Å². The zero-order valence-corrected chi connectivity index (χ0v) is 5.08. The second-order valence-corrected chi connectivity index (χ2v) is 1.76. The highest BCUT2D eigenvalue weighted by atomic mass is 16.4. The molecule has 0 bridgehead atoms. The Labute approximate surface area is 55.2 Å². The summed E-state index contributed by atoms with van der Waals surface area (Å²) >= 11 is 0. The number of aliphatic carboxylic acids is 1. The number of hydrogen-bond acceptors (Lipinski definition) is 3. The van der Waals surface area contributed by atoms with Crippen molar-refractivity contribution in [2.45, 2.75) is 18.9 Å². The molecule has 0 aromatic heterocycles. The standard InChI is InChI=1S/C5H12N2O2/c6-3-1-2-4(7)5(8)9/h4H,1-3,6-7H2,(H,8,9)/t4-/m0/s1/i3D/t3?,4-. The van der Waals surface area contributed by atoms with Crippen LogP contribution in [0.5, 0.6) is 0 Å². The molecule has 4 nitrogen and oxygen atoms in total. The van der Waals surface area contributed by atoms with Crippen LogP contribution in [0.3, 0.4) is 0 Å². The number of rotatable bonds is 4. The van der Waals surface area contributed by atoms with E-state index in [1.165, 1.54) is 0 Å². The Morgan fingerprint density at radius 2 is 2.44 bits per heavy atom. The van der Waals surface area contributed by atoms with Gasteiger partial charge in [0.1, 0.15) is 6.04 Å². The average molecular weight is 133 g/mol. The molecule has 2 atom stereocenters. The predicted octanol–water partition coefficient (Wildman–Crippen LogP) is -0.863. The minimum atomic E-state index is -1.04. The van der Waals surface area contributed by atoms with Crippen LogP contribution in [0.1, 0.15) is 14.2 Å². The van der Waals surface area contributed by atoms with E-state index in [9.17, 15) is 4.79 Å². The van der Waals surface area contributed by atoms with Gasteiger partial charge in [-0.1, -0.05) is 0 Å². The summed E-state index contributed by atoms with van der Waals surface area (Å²) in [6.45, 7) is -0.717. The highest BCUT2D eigenvalue weighted by molar-refractivity contribution is 5.72. The Morgan fingerprint density at radius 3 is 2.78 bits per heavy atom. The Hall–Kier alpha value is -0.610. The van der Waals surface area contributed by atoms with Gasteiger partial charge in [-0.3, -0.25) is 4.79 Å². The number of carbonyl (C=O) groups is 1. The summed E-state index contributed by atoms with van der Waals surface area (Å²) in [7, 11) is 0. The molecule has 0 saturated carbocycles. The number of hydrogen-bond donors (Lipinski definition) is 3. The van der Waals surface area contributed by atoms with Crippen molar-refractivity contribution in [2.24, 2.45) is 11.5 Å². The maximum absolute atomic E-state index is 10.1. The SMILES string of the molecule is [2H]C(N)CC[C@H](N)C(=O)O. The first-order valence-electron chi connectivity index (χ1n) is 3.28. The molecule has 0 aromatic rings. The lowest BCUT2D eigenvalue weighted by Gasteiger charge is -2.02. The summed E-state index contributed by atoms with van der Waals surface area (Å²) in [4.78, 5) is 10.1. The van der Waals surface area contributed by atoms with E-state index >= 15 is 0 Å². The maximum Gasteiger partial charge on any atom is 0.320 e. The lowest BCUT2D eigenvalue weighted by atomic mass is 10.2. The van der Waals surface area contributed by atoms with Gasteiger partial charge in [-0.25, -0.2) is 0 Å². The third-order valence-electron chi connectivity index (χ3n) is 0.962. The number of nitrogens with two attached hydrogens (primary N) is 2. The topological polar surface area (TPSA) is 89.3 Å². The summed E-state index contributed by atoms with van der Waals surface area (Å²) in [6, 6.07) is -0.878. The summed E-state index contributed by atoms with van der Waals surface area (Å²) in [5, 5.41) is 8.27. The molecule has 0 saturated heterocycles. The second kappa shape index (κ2) is 4.29. The lowest BCUT2D eigenvalue weighted by molar-refractivity contribution is -0.138. The van der Waals surface area contributed by atoms with E-state index in [4.69, 9.17) is 17.9 Å². The first-order valence-corrected chi connectivity index (χ1v) is 2.70. The highest BCUT2D eigenvalue weighted by Gasteiger charge is 2.08. The fourth-order valence-corrected chi connectivity index (χ4v) is 0.399. The first kappa shape index (κ1) is 6.51. The summed E-state index contributed by atoms with van der Waals surface area (Å²) < 4.78 is 6.84. The van der Waals surface area contributed by atoms with Crippen LogP contribution in [0.4, 0.5) is 0 Å². The largest absolute Gasteiger partial charge is 0.480 e. The molecule has 54 valence electrons. The van der Waals surface area contributed by atoms with Crippen LogP contribution in [0, 0.1) is 0 Å². The fraction of sp³-hybridized carbons (Fsp3) is 0.800. The smallest absolute Gasteiger partial charge is 0.320 e. The summed E-state index contributed by atoms with van der Waals surface area (Å²) in [5.74, 6) is -1.04. The van der Waals surface area contributed by atoms with E-state index in [0.717, 1.165) is 0 Å². The van der Waals surface area contributed by atoms with Crippen LogP contribution in [0.2, 0.25) is 0 Å². The zero-order valence-electron chi connectivity index (χ0n) is 6.08. The molecule has 0 radical (unpaired) electrons. The van der Waals surface area contributed by atoms with Crippen LogP contribution in [-0.4, -0.2) is 23.6 Å². The van der Waals surface area contributed by atoms with Crippen molar-refractivity contribution < 1.29 is 11.3 Å². The maximum atomic E-state index is 10.1. The van der Waals surface area contributed by atoms with E-state index < -0.39 is 18.5 Å². The van der Waals surface area contributed by atoms with Gasteiger partial charge in [0.2, 0.25) is 0 Å². The molecule has 0 amide bonds. The van der Waals surface area contributed by atoms with Crippen molar-refractivity contribution in [2.75, 3.05) is 6.52 Å². The molecule has 0 aromatic carbocycles. The molecule has 0 rings (SSSR count). The Morgan fingerprint density at radius 1 is 1.89 bits per heavy atom. The third kappa shape index (κ3) is 3.93. The van der Waals surface area contributed by atoms with Crippen molar-refractivity contribution in [3.63, 3.8) is 0 Å². The van der Waals surface area contributed by atoms with Gasteiger partial charge in [0, 0.05) is 1.37 Å². The molecule has 0 aliphatic heterocycles. The molecular formula is C5H12N2O2. The van der Waals surface area contributed by atoms with Crippen LogP contribution in [0.25, 0.3) is 0 Å². The Balaban J connectivity index is 3.40. The summed E-state index contributed by atoms with van der Waals surface area (Å²) in [5.41, 5.74) is 10.2. The van der Waals surface area contributed by atoms with Gasteiger partial charge in [-0.15, -0.1) is 0 Å². The Bertz CT molecular complexity index is 118. The lowest BCUT2D eigenvalue weighted by Crippen LogP contribution is -2.30. The van der Waals surface area contributed by atoms with Crippen molar-refractivity contribution in [1.82, 2.24) is 0 Å². The van der Waals surface area contributed by atoms with E-state index in [0.29, 0.717) is 6.42 Å². The zero-order chi connectivity index (χ0) is 8.15. The minimum absolute atomic E-state index is 0.264. The van der Waals surface area contributed by atoms with Crippen molar-refractivity contribution in [3.05, 3.63) is 0 Å². The molecule has 0 aliphatic rings. The predicted molar refractivity (Wildman–Crippen MR) is 33.9 cm³/mol. The van der Waals surface area contributed by atoms with Gasteiger partial charge in [-0.05, 0) is 19.4 Å². The first-order chi connectivity index (χ1) is 4.54. The normalized spacial score (nSPS) is 18.2. The Kier molecular flexibility index (Phi) is 3.10. The number of carboxylic acid groups (broad SMARTS) is 1. The molecule has 1 unspecified atom stereocenters. The van der Waals surface area contributed by atoms with Gasteiger partial charge in [0.25, 0.3) is 0 Å². The highest BCUT2D eigenvalue weighted by Crippen LogP contribution is 1.91.